The molecule has 3 nitrogen and oxygen atoms in total. The van der Waals surface area contributed by atoms with Gasteiger partial charge in [0.15, 0.2) is 0 Å². The zero-order valence-corrected chi connectivity index (χ0v) is 12.4. The van der Waals surface area contributed by atoms with E-state index in [4.69, 9.17) is 5.73 Å². The van der Waals surface area contributed by atoms with Crippen molar-refractivity contribution < 1.29 is 4.79 Å². The Labute approximate surface area is 116 Å². The maximum Gasteiger partial charge on any atom is 0.224 e. The van der Waals surface area contributed by atoms with Crippen molar-refractivity contribution in [2.45, 2.75) is 39.7 Å². The Kier molecular flexibility index (Phi) is 6.36. The van der Waals surface area contributed by atoms with E-state index in [2.05, 4.69) is 17.4 Å². The Bertz CT molecular complexity index is 411. The molecule has 0 radical (unpaired) electrons. The van der Waals surface area contributed by atoms with Gasteiger partial charge in [-0.3, -0.25) is 4.79 Å². The molecule has 18 heavy (non-hydrogen) atoms. The van der Waals surface area contributed by atoms with Gasteiger partial charge in [0.25, 0.3) is 0 Å². The fraction of sp³-hybridized carbons (Fsp3) is 0.500. The summed E-state index contributed by atoms with van der Waals surface area (Å²) in [6.07, 6.45) is 0.420. The molecule has 0 aliphatic rings. The summed E-state index contributed by atoms with van der Waals surface area (Å²) in [7, 11) is 0. The van der Waals surface area contributed by atoms with E-state index < -0.39 is 0 Å². The maximum absolute atomic E-state index is 11.8. The largest absolute Gasteiger partial charge is 0.354 e. The van der Waals surface area contributed by atoms with Crippen LogP contribution in [0.25, 0.3) is 0 Å². The molecule has 0 aliphatic heterocycles. The molecule has 0 bridgehead atoms. The van der Waals surface area contributed by atoms with Crippen LogP contribution in [0.1, 0.15) is 30.5 Å². The molecule has 0 aliphatic carbocycles. The highest BCUT2D eigenvalue weighted by atomic mass is 35.5. The fourth-order valence-corrected chi connectivity index (χ4v) is 1.55. The van der Waals surface area contributed by atoms with E-state index >= 15 is 0 Å². The van der Waals surface area contributed by atoms with Crippen LogP contribution in [-0.4, -0.2) is 18.0 Å². The van der Waals surface area contributed by atoms with Gasteiger partial charge in [0, 0.05) is 12.1 Å². The number of nitrogens with one attached hydrogen (secondary N) is 1. The van der Waals surface area contributed by atoms with Crippen LogP contribution in [-0.2, 0) is 11.2 Å². The SMILES string of the molecule is Cc1ccc(C)c(CC(=O)NCC(C)(C)N)c1.Cl. The second kappa shape index (κ2) is 6.76. The van der Waals surface area contributed by atoms with Gasteiger partial charge in [-0.2, -0.15) is 0 Å². The van der Waals surface area contributed by atoms with Crippen molar-refractivity contribution in [3.63, 3.8) is 0 Å². The molecular weight excluding hydrogens is 248 g/mol. The molecule has 0 spiro atoms. The molecule has 0 heterocycles. The molecule has 1 rings (SSSR count). The van der Waals surface area contributed by atoms with E-state index in [1.807, 2.05) is 33.8 Å². The molecular formula is C14H23ClN2O. The van der Waals surface area contributed by atoms with Gasteiger partial charge in [-0.05, 0) is 38.8 Å². The first-order valence-electron chi connectivity index (χ1n) is 5.90. The molecule has 0 fully saturated rings. The van der Waals surface area contributed by atoms with Gasteiger partial charge in [-0.25, -0.2) is 0 Å². The minimum Gasteiger partial charge on any atom is -0.354 e. The highest BCUT2D eigenvalue weighted by Crippen LogP contribution is 2.11. The van der Waals surface area contributed by atoms with Crippen molar-refractivity contribution in [2.24, 2.45) is 5.73 Å². The number of aryl methyl sites for hydroxylation is 2. The van der Waals surface area contributed by atoms with Crippen LogP contribution in [0.5, 0.6) is 0 Å². The predicted octanol–water partition coefficient (Wildman–Crippen LogP) is 2.12. The topological polar surface area (TPSA) is 55.1 Å². The summed E-state index contributed by atoms with van der Waals surface area (Å²) in [6.45, 7) is 8.34. The normalized spacial score (nSPS) is 10.7. The van der Waals surface area contributed by atoms with E-state index in [9.17, 15) is 4.79 Å². The summed E-state index contributed by atoms with van der Waals surface area (Å²) in [5.74, 6) is 0.0252. The number of halogens is 1. The quantitative estimate of drug-likeness (QED) is 0.881. The van der Waals surface area contributed by atoms with Crippen LogP contribution in [0, 0.1) is 13.8 Å². The average molecular weight is 271 g/mol. The molecule has 0 unspecified atom stereocenters. The maximum atomic E-state index is 11.8. The number of rotatable bonds is 4. The molecule has 0 saturated heterocycles. The summed E-state index contributed by atoms with van der Waals surface area (Å²) in [5.41, 5.74) is 8.86. The Hall–Kier alpha value is -1.06. The molecule has 4 heteroatoms. The molecule has 1 amide bonds. The number of nitrogens with two attached hydrogens (primary N) is 1. The van der Waals surface area contributed by atoms with Crippen molar-refractivity contribution in [3.05, 3.63) is 34.9 Å². The summed E-state index contributed by atoms with van der Waals surface area (Å²) < 4.78 is 0. The van der Waals surface area contributed by atoms with Gasteiger partial charge in [0.2, 0.25) is 5.91 Å². The first-order valence-corrected chi connectivity index (χ1v) is 5.90. The Morgan fingerprint density at radius 2 is 1.94 bits per heavy atom. The molecule has 0 aromatic heterocycles. The number of amides is 1. The van der Waals surface area contributed by atoms with Crippen LogP contribution in [0.15, 0.2) is 18.2 Å². The molecule has 1 aromatic rings. The predicted molar refractivity (Wildman–Crippen MR) is 78.1 cm³/mol. The average Bonchev–Trinajstić information content (AvgIpc) is 2.20. The molecule has 1 aromatic carbocycles. The third-order valence-electron chi connectivity index (χ3n) is 2.60. The van der Waals surface area contributed by atoms with Gasteiger partial charge in [0.05, 0.1) is 6.42 Å². The summed E-state index contributed by atoms with van der Waals surface area (Å²) >= 11 is 0. The van der Waals surface area contributed by atoms with Crippen molar-refractivity contribution in [3.8, 4) is 0 Å². The van der Waals surface area contributed by atoms with Gasteiger partial charge < -0.3 is 11.1 Å². The Morgan fingerprint density at radius 1 is 1.33 bits per heavy atom. The van der Waals surface area contributed by atoms with Crippen molar-refractivity contribution in [1.29, 1.82) is 0 Å². The number of carbonyl (C=O) groups is 1. The fourth-order valence-electron chi connectivity index (χ4n) is 1.55. The van der Waals surface area contributed by atoms with Crippen molar-refractivity contribution in [1.82, 2.24) is 5.32 Å². The minimum atomic E-state index is -0.364. The number of hydrogen-bond donors (Lipinski definition) is 2. The van der Waals surface area contributed by atoms with Crippen LogP contribution in [0.2, 0.25) is 0 Å². The first kappa shape index (κ1) is 16.9. The zero-order valence-electron chi connectivity index (χ0n) is 11.5. The second-order valence-electron chi connectivity index (χ2n) is 5.37. The third-order valence-corrected chi connectivity index (χ3v) is 2.60. The van der Waals surface area contributed by atoms with Crippen molar-refractivity contribution >= 4 is 18.3 Å². The standard InChI is InChI=1S/C14H22N2O.ClH/c1-10-5-6-11(2)12(7-10)8-13(17)16-9-14(3,4)15;/h5-7H,8-9,15H2,1-4H3,(H,16,17);1H. The lowest BCUT2D eigenvalue weighted by atomic mass is 10.0. The zero-order chi connectivity index (χ0) is 13.1. The third kappa shape index (κ3) is 6.03. The molecule has 102 valence electrons. The van der Waals surface area contributed by atoms with E-state index in [1.54, 1.807) is 0 Å². The lowest BCUT2D eigenvalue weighted by Gasteiger charge is -2.19. The summed E-state index contributed by atoms with van der Waals surface area (Å²) in [5, 5.41) is 2.85. The second-order valence-corrected chi connectivity index (χ2v) is 5.37. The van der Waals surface area contributed by atoms with Crippen molar-refractivity contribution in [2.75, 3.05) is 6.54 Å². The Balaban J connectivity index is 0.00000289. The van der Waals surface area contributed by atoms with Gasteiger partial charge in [0.1, 0.15) is 0 Å². The lowest BCUT2D eigenvalue weighted by molar-refractivity contribution is -0.120. The highest BCUT2D eigenvalue weighted by Gasteiger charge is 2.13. The first-order chi connectivity index (χ1) is 7.78. The van der Waals surface area contributed by atoms with Gasteiger partial charge in [-0.15, -0.1) is 12.4 Å². The van der Waals surface area contributed by atoms with E-state index in [-0.39, 0.29) is 23.9 Å². The van der Waals surface area contributed by atoms with Crippen LogP contribution >= 0.6 is 12.4 Å². The van der Waals surface area contributed by atoms with E-state index in [0.717, 1.165) is 11.1 Å². The minimum absolute atomic E-state index is 0. The molecule has 3 N–H and O–H groups in total. The number of carbonyl (C=O) groups excluding carboxylic acids is 1. The Morgan fingerprint density at radius 3 is 2.50 bits per heavy atom. The highest BCUT2D eigenvalue weighted by molar-refractivity contribution is 5.85. The van der Waals surface area contributed by atoms with E-state index in [1.165, 1.54) is 5.56 Å². The van der Waals surface area contributed by atoms with Crippen LogP contribution in [0.4, 0.5) is 0 Å². The van der Waals surface area contributed by atoms with Gasteiger partial charge in [-0.1, -0.05) is 23.8 Å². The summed E-state index contributed by atoms with van der Waals surface area (Å²) in [6, 6.07) is 6.16. The van der Waals surface area contributed by atoms with Crippen LogP contribution in [0.3, 0.4) is 0 Å². The monoisotopic (exact) mass is 270 g/mol. The molecule has 0 atom stereocenters. The summed E-state index contributed by atoms with van der Waals surface area (Å²) in [4.78, 5) is 11.8. The number of benzene rings is 1. The van der Waals surface area contributed by atoms with Crippen LogP contribution < -0.4 is 11.1 Å². The number of hydrogen-bond acceptors (Lipinski definition) is 2. The van der Waals surface area contributed by atoms with E-state index in [0.29, 0.717) is 13.0 Å². The smallest absolute Gasteiger partial charge is 0.224 e. The lowest BCUT2D eigenvalue weighted by Crippen LogP contribution is -2.45. The van der Waals surface area contributed by atoms with Gasteiger partial charge >= 0.3 is 0 Å². The molecule has 0 saturated carbocycles.